The number of hydrazone groups is 1. The van der Waals surface area contributed by atoms with Gasteiger partial charge in [-0.25, -0.2) is 9.82 Å². The quantitative estimate of drug-likeness (QED) is 0.626. The molecule has 25 heavy (non-hydrogen) atoms. The molecular formula is C18H18ClFN2O3. The molecule has 0 bridgehead atoms. The lowest BCUT2D eigenvalue weighted by atomic mass is 10.1. The Morgan fingerprint density at radius 1 is 1.24 bits per heavy atom. The van der Waals surface area contributed by atoms with E-state index in [0.717, 1.165) is 0 Å². The normalized spacial score (nSPS) is 12.4. The van der Waals surface area contributed by atoms with Crippen molar-refractivity contribution in [1.29, 1.82) is 0 Å². The predicted octanol–water partition coefficient (Wildman–Crippen LogP) is 3.80. The average molecular weight is 365 g/mol. The molecule has 0 aliphatic heterocycles. The minimum absolute atomic E-state index is 0.375. The lowest BCUT2D eigenvalue weighted by Gasteiger charge is -2.13. The summed E-state index contributed by atoms with van der Waals surface area (Å²) in [7, 11) is 1.54. The summed E-state index contributed by atoms with van der Waals surface area (Å²) in [4.78, 5) is 12.1. The number of rotatable bonds is 6. The van der Waals surface area contributed by atoms with Crippen LogP contribution in [-0.2, 0) is 4.79 Å². The van der Waals surface area contributed by atoms with E-state index in [1.165, 1.54) is 31.4 Å². The maximum absolute atomic E-state index is 12.9. The highest BCUT2D eigenvalue weighted by Gasteiger charge is 2.15. The second kappa shape index (κ2) is 8.48. The zero-order valence-corrected chi connectivity index (χ0v) is 14.8. The third-order valence-electron chi connectivity index (χ3n) is 3.38. The molecule has 0 aliphatic carbocycles. The molecule has 2 rings (SSSR count). The van der Waals surface area contributed by atoms with Gasteiger partial charge < -0.3 is 9.47 Å². The van der Waals surface area contributed by atoms with Gasteiger partial charge in [-0.1, -0.05) is 11.6 Å². The number of ether oxygens (including phenoxy) is 2. The van der Waals surface area contributed by atoms with Gasteiger partial charge in [0.25, 0.3) is 5.91 Å². The Bertz CT molecular complexity index is 778. The van der Waals surface area contributed by atoms with E-state index >= 15 is 0 Å². The maximum Gasteiger partial charge on any atom is 0.280 e. The van der Waals surface area contributed by atoms with Crippen LogP contribution < -0.4 is 14.9 Å². The molecule has 0 heterocycles. The zero-order valence-electron chi connectivity index (χ0n) is 14.0. The summed E-state index contributed by atoms with van der Waals surface area (Å²) >= 11 is 5.99. The van der Waals surface area contributed by atoms with Gasteiger partial charge in [0.15, 0.2) is 6.10 Å². The van der Waals surface area contributed by atoms with Crippen LogP contribution in [0.1, 0.15) is 19.4 Å². The number of amides is 1. The molecule has 0 aliphatic rings. The second-order valence-corrected chi connectivity index (χ2v) is 5.67. The number of nitrogens with zero attached hydrogens (tertiary/aromatic N) is 1. The Morgan fingerprint density at radius 3 is 2.56 bits per heavy atom. The van der Waals surface area contributed by atoms with Crippen molar-refractivity contribution in [1.82, 2.24) is 5.43 Å². The van der Waals surface area contributed by atoms with Crippen LogP contribution >= 0.6 is 11.6 Å². The summed E-state index contributed by atoms with van der Waals surface area (Å²) in [5.74, 6) is 0.168. The molecule has 5 nitrogen and oxygen atoms in total. The van der Waals surface area contributed by atoms with Gasteiger partial charge in [-0.15, -0.1) is 0 Å². The molecule has 0 spiro atoms. The van der Waals surface area contributed by atoms with Crippen LogP contribution in [0.3, 0.4) is 0 Å². The highest BCUT2D eigenvalue weighted by molar-refractivity contribution is 6.31. The SMILES string of the molecule is COc1ccc(Cl)cc1/C(C)=N\NC(=O)[C@H](C)Oc1ccc(F)cc1. The van der Waals surface area contributed by atoms with E-state index in [1.807, 2.05) is 0 Å². The van der Waals surface area contributed by atoms with Crippen LogP contribution in [0, 0.1) is 5.82 Å². The van der Waals surface area contributed by atoms with Crippen molar-refractivity contribution in [2.45, 2.75) is 20.0 Å². The molecule has 1 atom stereocenters. The van der Waals surface area contributed by atoms with Crippen molar-refractivity contribution in [3.8, 4) is 11.5 Å². The summed E-state index contributed by atoms with van der Waals surface area (Å²) in [5, 5.41) is 4.59. The molecule has 0 saturated carbocycles. The first-order valence-electron chi connectivity index (χ1n) is 7.51. The van der Waals surface area contributed by atoms with Crippen molar-refractivity contribution in [3.05, 3.63) is 58.9 Å². The largest absolute Gasteiger partial charge is 0.496 e. The number of methoxy groups -OCH3 is 1. The third kappa shape index (κ3) is 5.19. The number of benzene rings is 2. The second-order valence-electron chi connectivity index (χ2n) is 5.23. The first-order valence-corrected chi connectivity index (χ1v) is 7.88. The number of carbonyl (C=O) groups is 1. The highest BCUT2D eigenvalue weighted by atomic mass is 35.5. The monoisotopic (exact) mass is 364 g/mol. The van der Waals surface area contributed by atoms with Crippen molar-refractivity contribution < 1.29 is 18.7 Å². The fourth-order valence-corrected chi connectivity index (χ4v) is 2.20. The van der Waals surface area contributed by atoms with Gasteiger partial charge in [0.2, 0.25) is 0 Å². The Balaban J connectivity index is 2.03. The number of nitrogens with one attached hydrogen (secondary N) is 1. The van der Waals surface area contributed by atoms with Gasteiger partial charge in [0.05, 0.1) is 12.8 Å². The van der Waals surface area contributed by atoms with Gasteiger partial charge in [0.1, 0.15) is 17.3 Å². The fourth-order valence-electron chi connectivity index (χ4n) is 2.02. The first-order chi connectivity index (χ1) is 11.9. The van der Waals surface area contributed by atoms with Crippen LogP contribution in [0.15, 0.2) is 47.6 Å². The number of halogens is 2. The molecule has 0 saturated heterocycles. The fraction of sp³-hybridized carbons (Fsp3) is 0.222. The van der Waals surface area contributed by atoms with Gasteiger partial charge in [-0.3, -0.25) is 4.79 Å². The van der Waals surface area contributed by atoms with E-state index in [-0.39, 0.29) is 5.82 Å². The van der Waals surface area contributed by atoms with Crippen molar-refractivity contribution >= 4 is 23.2 Å². The molecule has 132 valence electrons. The Labute approximate surface area is 150 Å². The van der Waals surface area contributed by atoms with Gasteiger partial charge in [-0.2, -0.15) is 5.10 Å². The van der Waals surface area contributed by atoms with E-state index in [0.29, 0.717) is 27.8 Å². The summed E-state index contributed by atoms with van der Waals surface area (Å²) in [6.45, 7) is 3.30. The molecule has 2 aromatic carbocycles. The molecular weight excluding hydrogens is 347 g/mol. The van der Waals surface area contributed by atoms with Crippen molar-refractivity contribution in [2.75, 3.05) is 7.11 Å². The predicted molar refractivity (Wildman–Crippen MR) is 94.8 cm³/mol. The Kier molecular flexibility index (Phi) is 6.36. The van der Waals surface area contributed by atoms with E-state index < -0.39 is 12.0 Å². The van der Waals surface area contributed by atoms with Crippen LogP contribution in [0.25, 0.3) is 0 Å². The third-order valence-corrected chi connectivity index (χ3v) is 3.62. The van der Waals surface area contributed by atoms with Gasteiger partial charge in [0, 0.05) is 10.6 Å². The summed E-state index contributed by atoms with van der Waals surface area (Å²) in [5.41, 5.74) is 3.63. The molecule has 1 N–H and O–H groups in total. The van der Waals surface area contributed by atoms with Gasteiger partial charge in [-0.05, 0) is 56.3 Å². The first kappa shape index (κ1) is 18.7. The van der Waals surface area contributed by atoms with E-state index in [4.69, 9.17) is 21.1 Å². The van der Waals surface area contributed by atoms with Crippen LogP contribution in [0.2, 0.25) is 5.02 Å². The minimum Gasteiger partial charge on any atom is -0.496 e. The lowest BCUT2D eigenvalue weighted by molar-refractivity contribution is -0.127. The van der Waals surface area contributed by atoms with E-state index in [2.05, 4.69) is 10.5 Å². The number of hydrogen-bond acceptors (Lipinski definition) is 4. The minimum atomic E-state index is -0.803. The van der Waals surface area contributed by atoms with Crippen molar-refractivity contribution in [2.24, 2.45) is 5.10 Å². The molecule has 0 radical (unpaired) electrons. The van der Waals surface area contributed by atoms with Gasteiger partial charge >= 0.3 is 0 Å². The van der Waals surface area contributed by atoms with Crippen LogP contribution in [0.5, 0.6) is 11.5 Å². The summed E-state index contributed by atoms with van der Waals surface area (Å²) in [6, 6.07) is 10.5. The average Bonchev–Trinajstić information content (AvgIpc) is 2.61. The Hall–Kier alpha value is -2.60. The Morgan fingerprint density at radius 2 is 1.92 bits per heavy atom. The molecule has 0 fully saturated rings. The molecule has 1 amide bonds. The van der Waals surface area contributed by atoms with E-state index in [1.54, 1.807) is 32.0 Å². The maximum atomic E-state index is 12.9. The van der Waals surface area contributed by atoms with Crippen LogP contribution in [-0.4, -0.2) is 24.8 Å². The summed E-state index contributed by atoms with van der Waals surface area (Å²) in [6.07, 6.45) is -0.803. The highest BCUT2D eigenvalue weighted by Crippen LogP contribution is 2.23. The van der Waals surface area contributed by atoms with Crippen LogP contribution in [0.4, 0.5) is 4.39 Å². The summed E-state index contributed by atoms with van der Waals surface area (Å²) < 4.78 is 23.6. The topological polar surface area (TPSA) is 59.9 Å². The molecule has 0 aromatic heterocycles. The van der Waals surface area contributed by atoms with Crippen molar-refractivity contribution in [3.63, 3.8) is 0 Å². The molecule has 2 aromatic rings. The number of hydrogen-bond donors (Lipinski definition) is 1. The zero-order chi connectivity index (χ0) is 18.4. The standard InChI is InChI=1S/C18H18ClFN2O3/c1-11(16-10-13(19)4-9-17(16)24-3)21-22-18(23)12(2)25-15-7-5-14(20)6-8-15/h4-10,12H,1-3H3,(H,22,23)/b21-11-/t12-/m0/s1. The number of carbonyl (C=O) groups excluding carboxylic acids is 1. The molecule has 7 heteroatoms. The smallest absolute Gasteiger partial charge is 0.280 e. The lowest BCUT2D eigenvalue weighted by Crippen LogP contribution is -2.34. The van der Waals surface area contributed by atoms with E-state index in [9.17, 15) is 9.18 Å². The molecule has 0 unspecified atom stereocenters.